The lowest BCUT2D eigenvalue weighted by Gasteiger charge is -2.07. The van der Waals surface area contributed by atoms with Crippen LogP contribution in [0.2, 0.25) is 5.15 Å². The van der Waals surface area contributed by atoms with E-state index < -0.39 is 0 Å². The molecule has 2 aromatic rings. The minimum absolute atomic E-state index is 0.503. The van der Waals surface area contributed by atoms with Crippen molar-refractivity contribution in [3.63, 3.8) is 0 Å². The summed E-state index contributed by atoms with van der Waals surface area (Å²) in [6.07, 6.45) is 4.24. The molecular weight excluding hydrogens is 246 g/mol. The molecule has 0 radical (unpaired) electrons. The fourth-order valence-corrected chi connectivity index (χ4v) is 2.27. The third kappa shape index (κ3) is 2.23. The molecule has 92 valence electrons. The Balaban J connectivity index is 2.10. The number of hydrogen-bond acceptors (Lipinski definition) is 3. The van der Waals surface area contributed by atoms with Crippen LogP contribution in [-0.2, 0) is 0 Å². The van der Waals surface area contributed by atoms with E-state index in [1.807, 2.05) is 26.1 Å². The highest BCUT2D eigenvalue weighted by Crippen LogP contribution is 2.40. The Labute approximate surface area is 111 Å². The molecule has 4 heteroatoms. The molecule has 18 heavy (non-hydrogen) atoms. The average molecular weight is 260 g/mol. The Bertz CT molecular complexity index is 606. The molecule has 1 aliphatic carbocycles. The van der Waals surface area contributed by atoms with Gasteiger partial charge >= 0.3 is 0 Å². The number of halogens is 1. The van der Waals surface area contributed by atoms with Gasteiger partial charge in [0.25, 0.3) is 0 Å². The van der Waals surface area contributed by atoms with Gasteiger partial charge in [-0.15, -0.1) is 0 Å². The number of aryl methyl sites for hydroxylation is 2. The van der Waals surface area contributed by atoms with Crippen molar-refractivity contribution in [3.05, 3.63) is 40.3 Å². The zero-order chi connectivity index (χ0) is 12.7. The second kappa shape index (κ2) is 4.32. The maximum atomic E-state index is 6.08. The summed E-state index contributed by atoms with van der Waals surface area (Å²) in [5.74, 6) is 1.21. The molecule has 0 N–H and O–H groups in total. The Kier molecular flexibility index (Phi) is 2.78. The van der Waals surface area contributed by atoms with E-state index in [4.69, 9.17) is 11.6 Å². The minimum Gasteiger partial charge on any atom is -0.252 e. The molecule has 0 saturated heterocycles. The Morgan fingerprint density at radius 2 is 1.94 bits per heavy atom. The molecule has 0 atom stereocenters. The molecular formula is C14H14ClN3. The van der Waals surface area contributed by atoms with Gasteiger partial charge in [-0.2, -0.15) is 0 Å². The van der Waals surface area contributed by atoms with E-state index in [1.165, 1.54) is 12.8 Å². The highest BCUT2D eigenvalue weighted by molar-refractivity contribution is 6.29. The van der Waals surface area contributed by atoms with E-state index in [0.29, 0.717) is 16.9 Å². The number of rotatable bonds is 2. The minimum atomic E-state index is 0.503. The van der Waals surface area contributed by atoms with Gasteiger partial charge in [0.15, 0.2) is 5.82 Å². The molecule has 2 heterocycles. The topological polar surface area (TPSA) is 38.7 Å². The average Bonchev–Trinajstić information content (AvgIpc) is 3.11. The van der Waals surface area contributed by atoms with Gasteiger partial charge in [0.1, 0.15) is 10.8 Å². The van der Waals surface area contributed by atoms with Gasteiger partial charge in [0.05, 0.1) is 0 Å². The zero-order valence-electron chi connectivity index (χ0n) is 10.4. The second-order valence-electron chi connectivity index (χ2n) is 4.89. The molecule has 3 nitrogen and oxygen atoms in total. The van der Waals surface area contributed by atoms with Crippen LogP contribution in [0.3, 0.4) is 0 Å². The Morgan fingerprint density at radius 3 is 2.61 bits per heavy atom. The van der Waals surface area contributed by atoms with E-state index in [1.54, 1.807) is 0 Å². The summed E-state index contributed by atoms with van der Waals surface area (Å²) in [6.45, 7) is 4.05. The van der Waals surface area contributed by atoms with Crippen molar-refractivity contribution in [2.75, 3.05) is 0 Å². The number of pyridine rings is 1. The van der Waals surface area contributed by atoms with Gasteiger partial charge in [-0.1, -0.05) is 17.7 Å². The fourth-order valence-electron chi connectivity index (χ4n) is 2.08. The molecule has 0 aromatic carbocycles. The van der Waals surface area contributed by atoms with Crippen molar-refractivity contribution < 1.29 is 0 Å². The first kappa shape index (κ1) is 11.6. The first-order valence-corrected chi connectivity index (χ1v) is 6.49. The summed E-state index contributed by atoms with van der Waals surface area (Å²) in [5.41, 5.74) is 4.09. The van der Waals surface area contributed by atoms with Crippen molar-refractivity contribution in [1.82, 2.24) is 15.0 Å². The largest absolute Gasteiger partial charge is 0.252 e. The third-order valence-electron chi connectivity index (χ3n) is 3.14. The molecule has 0 unspecified atom stereocenters. The predicted molar refractivity (Wildman–Crippen MR) is 71.7 cm³/mol. The third-order valence-corrected chi connectivity index (χ3v) is 3.33. The van der Waals surface area contributed by atoms with Crippen LogP contribution in [0.4, 0.5) is 0 Å². The summed E-state index contributed by atoms with van der Waals surface area (Å²) in [5, 5.41) is 0.503. The summed E-state index contributed by atoms with van der Waals surface area (Å²) >= 11 is 6.08. The van der Waals surface area contributed by atoms with E-state index in [2.05, 4.69) is 21.0 Å². The van der Waals surface area contributed by atoms with Crippen molar-refractivity contribution >= 4 is 11.6 Å². The Hall–Kier alpha value is -1.48. The lowest BCUT2D eigenvalue weighted by atomic mass is 10.1. The summed E-state index contributed by atoms with van der Waals surface area (Å²) in [4.78, 5) is 13.3. The van der Waals surface area contributed by atoms with Crippen molar-refractivity contribution in [3.8, 4) is 11.5 Å². The number of aromatic nitrogens is 3. The van der Waals surface area contributed by atoms with Crippen LogP contribution in [-0.4, -0.2) is 15.0 Å². The predicted octanol–water partition coefficient (Wildman–Crippen LogP) is 3.69. The lowest BCUT2D eigenvalue weighted by molar-refractivity contribution is 0.984. The molecule has 1 fully saturated rings. The maximum Gasteiger partial charge on any atom is 0.180 e. The maximum absolute atomic E-state index is 6.08. The van der Waals surface area contributed by atoms with Crippen LogP contribution in [0.15, 0.2) is 18.3 Å². The van der Waals surface area contributed by atoms with Crippen LogP contribution in [0.25, 0.3) is 11.5 Å². The smallest absolute Gasteiger partial charge is 0.180 e. The molecule has 0 amide bonds. The van der Waals surface area contributed by atoms with Crippen molar-refractivity contribution in [1.29, 1.82) is 0 Å². The fraction of sp³-hybridized carbons (Fsp3) is 0.357. The van der Waals surface area contributed by atoms with E-state index in [9.17, 15) is 0 Å². The molecule has 0 spiro atoms. The summed E-state index contributed by atoms with van der Waals surface area (Å²) in [7, 11) is 0. The normalized spacial score (nSPS) is 14.8. The monoisotopic (exact) mass is 259 g/mol. The molecule has 1 saturated carbocycles. The number of nitrogens with zero attached hydrogens (tertiary/aromatic N) is 3. The van der Waals surface area contributed by atoms with Gasteiger partial charge < -0.3 is 0 Å². The van der Waals surface area contributed by atoms with Gasteiger partial charge in [-0.05, 0) is 43.9 Å². The van der Waals surface area contributed by atoms with Crippen LogP contribution in [0.1, 0.15) is 35.6 Å². The highest BCUT2D eigenvalue weighted by Gasteiger charge is 2.26. The lowest BCUT2D eigenvalue weighted by Crippen LogP contribution is -1.98. The van der Waals surface area contributed by atoms with E-state index in [0.717, 1.165) is 22.5 Å². The van der Waals surface area contributed by atoms with Gasteiger partial charge in [-0.25, -0.2) is 9.97 Å². The molecule has 3 rings (SSSR count). The van der Waals surface area contributed by atoms with Crippen molar-refractivity contribution in [2.45, 2.75) is 32.6 Å². The SMILES string of the molecule is Cc1cnc(-c2nc(Cl)cc(C3CC3)n2)c(C)c1. The standard InChI is InChI=1S/C14H14ClN3/c1-8-5-9(2)13(16-7-8)14-17-11(10-3-4-10)6-12(15)18-14/h5-7,10H,3-4H2,1-2H3. The van der Waals surface area contributed by atoms with Crippen molar-refractivity contribution in [2.24, 2.45) is 0 Å². The molecule has 0 aliphatic heterocycles. The quantitative estimate of drug-likeness (QED) is 0.772. The van der Waals surface area contributed by atoms with Gasteiger partial charge in [-0.3, -0.25) is 4.98 Å². The van der Waals surface area contributed by atoms with Gasteiger partial charge in [0.2, 0.25) is 0 Å². The summed E-state index contributed by atoms with van der Waals surface area (Å²) in [6, 6.07) is 3.95. The van der Waals surface area contributed by atoms with Crippen LogP contribution in [0.5, 0.6) is 0 Å². The first-order valence-electron chi connectivity index (χ1n) is 6.11. The second-order valence-corrected chi connectivity index (χ2v) is 5.28. The number of hydrogen-bond donors (Lipinski definition) is 0. The van der Waals surface area contributed by atoms with E-state index >= 15 is 0 Å². The molecule has 2 aromatic heterocycles. The van der Waals surface area contributed by atoms with Crippen LogP contribution >= 0.6 is 11.6 Å². The Morgan fingerprint density at radius 1 is 1.17 bits per heavy atom. The first-order chi connectivity index (χ1) is 8.63. The van der Waals surface area contributed by atoms with Crippen LogP contribution < -0.4 is 0 Å². The highest BCUT2D eigenvalue weighted by atomic mass is 35.5. The van der Waals surface area contributed by atoms with Crippen LogP contribution in [0, 0.1) is 13.8 Å². The summed E-state index contributed by atoms with van der Waals surface area (Å²) < 4.78 is 0. The van der Waals surface area contributed by atoms with E-state index in [-0.39, 0.29) is 0 Å². The molecule has 1 aliphatic rings. The zero-order valence-corrected chi connectivity index (χ0v) is 11.2. The van der Waals surface area contributed by atoms with Gasteiger partial charge in [0, 0.05) is 17.8 Å². The molecule has 0 bridgehead atoms.